The molecule has 0 aliphatic rings. The van der Waals surface area contributed by atoms with Crippen LogP contribution in [0.25, 0.3) is 0 Å². The van der Waals surface area contributed by atoms with Gasteiger partial charge in [-0.3, -0.25) is 0 Å². The maximum atomic E-state index is 5.60. The minimum Gasteiger partial charge on any atom is -0.370 e. The zero-order valence-corrected chi connectivity index (χ0v) is 12.4. The second-order valence-corrected chi connectivity index (χ2v) is 5.05. The molecule has 0 bridgehead atoms. The highest BCUT2D eigenvalue weighted by Crippen LogP contribution is 2.11. The second-order valence-electron chi connectivity index (χ2n) is 5.05. The van der Waals surface area contributed by atoms with E-state index in [0.717, 1.165) is 37.0 Å². The number of anilines is 2. The third-order valence-electron chi connectivity index (χ3n) is 2.67. The van der Waals surface area contributed by atoms with Crippen molar-refractivity contribution in [1.29, 1.82) is 0 Å². The van der Waals surface area contributed by atoms with Crippen LogP contribution in [0.1, 0.15) is 19.2 Å². The molecule has 108 valence electrons. The lowest BCUT2D eigenvalue weighted by molar-refractivity contribution is 0.405. The summed E-state index contributed by atoms with van der Waals surface area (Å²) < 4.78 is 0. The van der Waals surface area contributed by atoms with Gasteiger partial charge in [0.05, 0.1) is 0 Å². The van der Waals surface area contributed by atoms with Gasteiger partial charge < -0.3 is 21.3 Å². The van der Waals surface area contributed by atoms with E-state index in [4.69, 9.17) is 5.73 Å². The third kappa shape index (κ3) is 6.35. The molecule has 19 heavy (non-hydrogen) atoms. The first-order valence-electron chi connectivity index (χ1n) is 6.72. The summed E-state index contributed by atoms with van der Waals surface area (Å²) in [4.78, 5) is 10.9. The van der Waals surface area contributed by atoms with E-state index >= 15 is 0 Å². The van der Waals surface area contributed by atoms with Crippen LogP contribution < -0.4 is 16.4 Å². The summed E-state index contributed by atoms with van der Waals surface area (Å²) >= 11 is 0. The van der Waals surface area contributed by atoms with Gasteiger partial charge in [-0.15, -0.1) is 0 Å². The number of hydrogen-bond donors (Lipinski definition) is 3. The Balaban J connectivity index is 2.53. The summed E-state index contributed by atoms with van der Waals surface area (Å²) in [5, 5.41) is 6.58. The van der Waals surface area contributed by atoms with Gasteiger partial charge in [-0.25, -0.2) is 9.97 Å². The van der Waals surface area contributed by atoms with Crippen LogP contribution in [0.5, 0.6) is 0 Å². The Hall–Kier alpha value is -1.40. The highest BCUT2D eigenvalue weighted by Gasteiger charge is 2.04. The standard InChI is InChI=1S/C13H26N6/c1-10(9-14)16-13-8-12(17-11(2)18-13)15-6-5-7-19(3)4/h8,10H,5-7,9,14H2,1-4H3,(H2,15,16,17,18). The summed E-state index contributed by atoms with van der Waals surface area (Å²) in [5.74, 6) is 2.43. The Bertz CT molecular complexity index is 379. The Morgan fingerprint density at radius 1 is 1.32 bits per heavy atom. The van der Waals surface area contributed by atoms with E-state index in [1.54, 1.807) is 0 Å². The molecule has 1 aromatic rings. The SMILES string of the molecule is Cc1nc(NCCCN(C)C)cc(NC(C)CN)n1. The van der Waals surface area contributed by atoms with Crippen molar-refractivity contribution in [2.24, 2.45) is 5.73 Å². The lowest BCUT2D eigenvalue weighted by Gasteiger charge is -2.14. The van der Waals surface area contributed by atoms with Crippen LogP contribution in [-0.2, 0) is 0 Å². The Morgan fingerprint density at radius 2 is 2.00 bits per heavy atom. The van der Waals surface area contributed by atoms with Crippen LogP contribution in [0.3, 0.4) is 0 Å². The molecule has 6 heteroatoms. The number of nitrogens with two attached hydrogens (primary N) is 1. The van der Waals surface area contributed by atoms with Crippen LogP contribution in [0.4, 0.5) is 11.6 Å². The largest absolute Gasteiger partial charge is 0.370 e. The van der Waals surface area contributed by atoms with E-state index in [2.05, 4.69) is 39.6 Å². The molecule has 1 heterocycles. The molecule has 1 rings (SSSR count). The van der Waals surface area contributed by atoms with E-state index < -0.39 is 0 Å². The number of aryl methyl sites for hydroxylation is 1. The van der Waals surface area contributed by atoms with Crippen molar-refractivity contribution in [3.8, 4) is 0 Å². The summed E-state index contributed by atoms with van der Waals surface area (Å²) in [6.07, 6.45) is 1.08. The molecule has 1 aromatic heterocycles. The van der Waals surface area contributed by atoms with Crippen molar-refractivity contribution in [3.63, 3.8) is 0 Å². The molecule has 0 aromatic carbocycles. The average molecular weight is 266 g/mol. The first-order chi connectivity index (χ1) is 9.01. The minimum absolute atomic E-state index is 0.205. The van der Waals surface area contributed by atoms with Gasteiger partial charge in [0.1, 0.15) is 17.5 Å². The molecule has 0 saturated carbocycles. The van der Waals surface area contributed by atoms with Gasteiger partial charge in [0.25, 0.3) is 0 Å². The van der Waals surface area contributed by atoms with Crippen LogP contribution in [0.15, 0.2) is 6.07 Å². The summed E-state index contributed by atoms with van der Waals surface area (Å²) in [5.41, 5.74) is 5.60. The molecule has 0 saturated heterocycles. The molecule has 1 atom stereocenters. The number of nitrogens with zero attached hydrogens (tertiary/aromatic N) is 3. The van der Waals surface area contributed by atoms with Gasteiger partial charge in [-0.05, 0) is 40.9 Å². The highest BCUT2D eigenvalue weighted by atomic mass is 15.1. The van der Waals surface area contributed by atoms with E-state index in [1.807, 2.05) is 19.9 Å². The maximum absolute atomic E-state index is 5.60. The Kier molecular flexibility index (Phi) is 6.52. The van der Waals surface area contributed by atoms with Crippen LogP contribution in [0.2, 0.25) is 0 Å². The van der Waals surface area contributed by atoms with E-state index in [1.165, 1.54) is 0 Å². The van der Waals surface area contributed by atoms with E-state index in [0.29, 0.717) is 6.54 Å². The summed E-state index contributed by atoms with van der Waals surface area (Å²) in [6.45, 7) is 6.46. The summed E-state index contributed by atoms with van der Waals surface area (Å²) in [7, 11) is 4.15. The van der Waals surface area contributed by atoms with Crippen LogP contribution >= 0.6 is 0 Å². The van der Waals surface area contributed by atoms with Gasteiger partial charge in [0, 0.05) is 25.2 Å². The van der Waals surface area contributed by atoms with Gasteiger partial charge >= 0.3 is 0 Å². The minimum atomic E-state index is 0.205. The fraction of sp³-hybridized carbons (Fsp3) is 0.692. The smallest absolute Gasteiger partial charge is 0.132 e. The van der Waals surface area contributed by atoms with Crippen molar-refractivity contribution in [2.45, 2.75) is 26.3 Å². The highest BCUT2D eigenvalue weighted by molar-refractivity contribution is 5.47. The van der Waals surface area contributed by atoms with Crippen molar-refractivity contribution in [3.05, 3.63) is 11.9 Å². The quantitative estimate of drug-likeness (QED) is 0.607. The molecule has 6 nitrogen and oxygen atoms in total. The van der Waals surface area contributed by atoms with E-state index in [9.17, 15) is 0 Å². The molecule has 0 aliphatic heterocycles. The predicted octanol–water partition coefficient (Wildman–Crippen LogP) is 0.908. The van der Waals surface area contributed by atoms with Gasteiger partial charge in [0.2, 0.25) is 0 Å². The molecule has 0 radical (unpaired) electrons. The van der Waals surface area contributed by atoms with Crippen molar-refractivity contribution in [2.75, 3.05) is 44.4 Å². The van der Waals surface area contributed by atoms with Crippen molar-refractivity contribution in [1.82, 2.24) is 14.9 Å². The Morgan fingerprint density at radius 3 is 2.63 bits per heavy atom. The normalized spacial score (nSPS) is 12.5. The fourth-order valence-corrected chi connectivity index (χ4v) is 1.66. The third-order valence-corrected chi connectivity index (χ3v) is 2.67. The average Bonchev–Trinajstić information content (AvgIpc) is 2.33. The molecule has 0 aliphatic carbocycles. The van der Waals surface area contributed by atoms with Crippen LogP contribution in [-0.4, -0.2) is 54.6 Å². The molecule has 4 N–H and O–H groups in total. The predicted molar refractivity (Wildman–Crippen MR) is 80.6 cm³/mol. The molecule has 0 spiro atoms. The lowest BCUT2D eigenvalue weighted by atomic mass is 10.3. The zero-order chi connectivity index (χ0) is 14.3. The second kappa shape index (κ2) is 7.91. The van der Waals surface area contributed by atoms with Gasteiger partial charge in [-0.2, -0.15) is 0 Å². The number of aromatic nitrogens is 2. The first-order valence-corrected chi connectivity index (χ1v) is 6.72. The number of rotatable bonds is 8. The maximum Gasteiger partial charge on any atom is 0.132 e. The van der Waals surface area contributed by atoms with Gasteiger partial charge in [0.15, 0.2) is 0 Å². The molecule has 0 amide bonds. The molecule has 1 unspecified atom stereocenters. The molecular weight excluding hydrogens is 240 g/mol. The number of nitrogens with one attached hydrogen (secondary N) is 2. The van der Waals surface area contributed by atoms with Crippen molar-refractivity contribution < 1.29 is 0 Å². The number of hydrogen-bond acceptors (Lipinski definition) is 6. The first kappa shape index (κ1) is 15.7. The molecule has 0 fully saturated rings. The topological polar surface area (TPSA) is 79.1 Å². The van der Waals surface area contributed by atoms with Gasteiger partial charge in [-0.1, -0.05) is 0 Å². The molecular formula is C13H26N6. The summed E-state index contributed by atoms with van der Waals surface area (Å²) in [6, 6.07) is 2.13. The van der Waals surface area contributed by atoms with Crippen molar-refractivity contribution >= 4 is 11.6 Å². The van der Waals surface area contributed by atoms with E-state index in [-0.39, 0.29) is 6.04 Å². The lowest BCUT2D eigenvalue weighted by Crippen LogP contribution is -2.26. The Labute approximate surface area is 115 Å². The fourth-order valence-electron chi connectivity index (χ4n) is 1.66. The van der Waals surface area contributed by atoms with Crippen LogP contribution in [0, 0.1) is 6.92 Å². The zero-order valence-electron chi connectivity index (χ0n) is 12.4. The monoisotopic (exact) mass is 266 g/mol.